The van der Waals surface area contributed by atoms with E-state index in [1.807, 2.05) is 0 Å². The first-order valence-corrected chi connectivity index (χ1v) is 21.2. The van der Waals surface area contributed by atoms with Gasteiger partial charge in [-0.05, 0) is 127 Å². The second-order valence-corrected chi connectivity index (χ2v) is 16.1. The maximum Gasteiger partial charge on any atom is 0.0462 e. The van der Waals surface area contributed by atoms with Gasteiger partial charge in [-0.3, -0.25) is 0 Å². The first-order chi connectivity index (χ1) is 29.7. The quantitative estimate of drug-likeness (QED) is 0.125. The molecule has 0 aliphatic carbocycles. The lowest BCUT2D eigenvalue weighted by molar-refractivity contribution is 1.28. The molecule has 10 aromatic rings. The summed E-state index contributed by atoms with van der Waals surface area (Å²) in [5.74, 6) is 0. The van der Waals surface area contributed by atoms with E-state index in [-0.39, 0.29) is 0 Å². The van der Waals surface area contributed by atoms with Crippen molar-refractivity contribution in [2.24, 2.45) is 0 Å². The van der Waals surface area contributed by atoms with Crippen molar-refractivity contribution in [2.45, 2.75) is 0 Å². The van der Waals surface area contributed by atoms with Crippen LogP contribution in [0.4, 0.5) is 17.1 Å². The van der Waals surface area contributed by atoms with Gasteiger partial charge < -0.3 is 4.90 Å². The van der Waals surface area contributed by atoms with Crippen LogP contribution in [0.25, 0.3) is 79.2 Å². The molecule has 0 bridgehead atoms. The van der Waals surface area contributed by atoms with Crippen LogP contribution in [-0.2, 0) is 0 Å². The predicted molar refractivity (Wildman–Crippen MR) is 261 cm³/mol. The van der Waals surface area contributed by atoms with Crippen molar-refractivity contribution in [1.29, 1.82) is 0 Å². The summed E-state index contributed by atoms with van der Waals surface area (Å²) in [6.07, 6.45) is 8.99. The summed E-state index contributed by atoms with van der Waals surface area (Å²) < 4.78 is 0. The van der Waals surface area contributed by atoms with Gasteiger partial charge in [-0.15, -0.1) is 11.3 Å². The first kappa shape index (κ1) is 36.8. The Morgan fingerprint density at radius 1 is 0.283 bits per heavy atom. The lowest BCUT2D eigenvalue weighted by Gasteiger charge is -2.26. The molecule has 0 unspecified atom stereocenters. The van der Waals surface area contributed by atoms with Crippen LogP contribution in [-0.4, -0.2) is 0 Å². The molecule has 0 saturated carbocycles. The zero-order valence-corrected chi connectivity index (χ0v) is 33.8. The van der Waals surface area contributed by atoms with E-state index >= 15 is 0 Å². The van der Waals surface area contributed by atoms with Crippen molar-refractivity contribution < 1.29 is 0 Å². The van der Waals surface area contributed by atoms with Gasteiger partial charge in [-0.1, -0.05) is 188 Å². The highest BCUT2D eigenvalue weighted by atomic mass is 32.1. The summed E-state index contributed by atoms with van der Waals surface area (Å²) in [7, 11) is 0. The Hall–Kier alpha value is -7.52. The lowest BCUT2D eigenvalue weighted by atomic mass is 9.88. The molecule has 0 saturated heterocycles. The number of hydrogen-bond acceptors (Lipinski definition) is 2. The topological polar surface area (TPSA) is 3.24 Å². The van der Waals surface area contributed by atoms with Crippen LogP contribution in [0.2, 0.25) is 0 Å². The van der Waals surface area contributed by atoms with Gasteiger partial charge in [0.25, 0.3) is 0 Å². The van der Waals surface area contributed by atoms with Crippen LogP contribution in [0.15, 0.2) is 224 Å². The van der Waals surface area contributed by atoms with Crippen molar-refractivity contribution in [3.8, 4) is 33.4 Å². The molecular weight excluding hydrogens is 743 g/mol. The molecule has 0 atom stereocenters. The first-order valence-electron chi connectivity index (χ1n) is 20.4. The smallest absolute Gasteiger partial charge is 0.0462 e. The van der Waals surface area contributed by atoms with Crippen LogP contribution >= 0.6 is 11.3 Å². The summed E-state index contributed by atoms with van der Waals surface area (Å²) in [6, 6.07) is 80.5. The number of anilines is 3. The van der Waals surface area contributed by atoms with Gasteiger partial charge in [0, 0.05) is 26.8 Å². The van der Waals surface area contributed by atoms with Crippen molar-refractivity contribution in [1.82, 2.24) is 0 Å². The van der Waals surface area contributed by atoms with Crippen molar-refractivity contribution in [3.05, 3.63) is 245 Å². The molecule has 0 N–H and O–H groups in total. The number of fused-ring (bicyclic) bond motifs is 2. The van der Waals surface area contributed by atoms with Crippen LogP contribution in [0.5, 0.6) is 0 Å². The molecule has 0 spiro atoms. The molecule has 1 heterocycles. The minimum absolute atomic E-state index is 1.10. The number of hydrogen-bond donors (Lipinski definition) is 0. The summed E-state index contributed by atoms with van der Waals surface area (Å²) in [4.78, 5) is 4.76. The largest absolute Gasteiger partial charge is 0.311 e. The van der Waals surface area contributed by atoms with Crippen molar-refractivity contribution in [3.63, 3.8) is 0 Å². The average Bonchev–Trinajstić information content (AvgIpc) is 3.79. The van der Waals surface area contributed by atoms with E-state index in [0.717, 1.165) is 22.6 Å². The fourth-order valence-corrected chi connectivity index (χ4v) is 9.01. The molecule has 284 valence electrons. The number of thiophene rings is 1. The minimum Gasteiger partial charge on any atom is -0.311 e. The van der Waals surface area contributed by atoms with Crippen LogP contribution in [0.3, 0.4) is 0 Å². The molecule has 1 nitrogen and oxygen atoms in total. The van der Waals surface area contributed by atoms with Crippen LogP contribution in [0.1, 0.15) is 20.9 Å². The summed E-state index contributed by atoms with van der Waals surface area (Å²) in [5, 5.41) is 5.07. The number of nitrogens with zero attached hydrogens (tertiary/aromatic N) is 1. The van der Waals surface area contributed by atoms with Gasteiger partial charge in [-0.25, -0.2) is 0 Å². The van der Waals surface area contributed by atoms with E-state index in [0.29, 0.717) is 0 Å². The molecule has 10 rings (SSSR count). The Balaban J connectivity index is 0.914. The van der Waals surface area contributed by atoms with E-state index in [2.05, 4.69) is 254 Å². The summed E-state index contributed by atoms with van der Waals surface area (Å²) >= 11 is 1.80. The average molecular weight is 784 g/mol. The van der Waals surface area contributed by atoms with Crippen molar-refractivity contribution in [2.75, 3.05) is 4.90 Å². The zero-order valence-electron chi connectivity index (χ0n) is 33.0. The molecule has 0 aliphatic heterocycles. The minimum atomic E-state index is 1.10. The highest BCUT2D eigenvalue weighted by Crippen LogP contribution is 2.41. The molecular formula is C58H41NS. The Labute approximate surface area is 356 Å². The van der Waals surface area contributed by atoms with Crippen LogP contribution < -0.4 is 4.90 Å². The highest BCUT2D eigenvalue weighted by molar-refractivity contribution is 7.13. The third-order valence-corrected chi connectivity index (χ3v) is 12.2. The number of benzene rings is 9. The number of rotatable bonds is 10. The molecule has 2 heteroatoms. The van der Waals surface area contributed by atoms with E-state index in [4.69, 9.17) is 0 Å². The van der Waals surface area contributed by atoms with Gasteiger partial charge in [0.15, 0.2) is 0 Å². The molecule has 0 amide bonds. The van der Waals surface area contributed by atoms with Crippen LogP contribution in [0, 0.1) is 0 Å². The van der Waals surface area contributed by atoms with Gasteiger partial charge in [0.2, 0.25) is 0 Å². The fourth-order valence-electron chi connectivity index (χ4n) is 8.20. The third kappa shape index (κ3) is 7.60. The monoisotopic (exact) mass is 783 g/mol. The summed E-state index contributed by atoms with van der Waals surface area (Å²) in [6.45, 7) is 0. The normalized spacial score (nSPS) is 11.5. The Bertz CT molecular complexity index is 2950. The van der Waals surface area contributed by atoms with Gasteiger partial charge in [-0.2, -0.15) is 0 Å². The molecule has 0 fully saturated rings. The standard InChI is InChI=1S/C58H41NS/c1-4-14-43(15-5-1)45-27-33-49(34-28-45)59(50-35-29-46(30-36-50)44-16-6-2-7-17-44)48-31-24-42(25-32-48)26-37-51-38-39-52(60-51)40-41-55-53-20-10-12-22-56(53)58(47-18-8-3-9-19-47)57-23-13-11-21-54(55)57/h1-41H. The Morgan fingerprint density at radius 2 is 0.650 bits per heavy atom. The van der Waals surface area contributed by atoms with Crippen molar-refractivity contribution >= 4 is 74.2 Å². The molecule has 1 aromatic heterocycles. The second-order valence-electron chi connectivity index (χ2n) is 14.9. The van der Waals surface area contributed by atoms with Gasteiger partial charge >= 0.3 is 0 Å². The third-order valence-electron chi connectivity index (χ3n) is 11.2. The zero-order chi connectivity index (χ0) is 40.1. The molecule has 60 heavy (non-hydrogen) atoms. The Kier molecular flexibility index (Phi) is 10.3. The lowest BCUT2D eigenvalue weighted by Crippen LogP contribution is -2.09. The van der Waals surface area contributed by atoms with Gasteiger partial charge in [0.1, 0.15) is 0 Å². The summed E-state index contributed by atoms with van der Waals surface area (Å²) in [5.41, 5.74) is 13.1. The maximum atomic E-state index is 2.33. The van der Waals surface area contributed by atoms with Gasteiger partial charge in [0.05, 0.1) is 0 Å². The maximum absolute atomic E-state index is 2.33. The second kappa shape index (κ2) is 16.8. The Morgan fingerprint density at radius 3 is 1.12 bits per heavy atom. The predicted octanol–water partition coefficient (Wildman–Crippen LogP) is 16.9. The molecule has 0 aliphatic rings. The fraction of sp³-hybridized carbons (Fsp3) is 0. The molecule has 9 aromatic carbocycles. The van der Waals surface area contributed by atoms with E-state index < -0.39 is 0 Å². The SMILES string of the molecule is C(=Cc1ccc(C=Cc2c3ccccc3c(-c3ccccc3)c3ccccc23)s1)c1ccc(N(c2ccc(-c3ccccc3)cc2)c2ccc(-c3ccccc3)cc2)cc1. The van der Waals surface area contributed by atoms with E-state index in [1.165, 1.54) is 70.2 Å². The highest BCUT2D eigenvalue weighted by Gasteiger charge is 2.15. The molecule has 0 radical (unpaired) electrons. The van der Waals surface area contributed by atoms with E-state index in [9.17, 15) is 0 Å². The van der Waals surface area contributed by atoms with E-state index in [1.54, 1.807) is 11.3 Å².